The van der Waals surface area contributed by atoms with Gasteiger partial charge in [-0.2, -0.15) is 0 Å². The van der Waals surface area contributed by atoms with Crippen LogP contribution >= 0.6 is 0 Å². The van der Waals surface area contributed by atoms with Crippen LogP contribution in [0, 0.1) is 18.8 Å². The third-order valence-electron chi connectivity index (χ3n) is 2.60. The first-order chi connectivity index (χ1) is 6.66. The molecule has 0 radical (unpaired) electrons. The molecule has 1 aliphatic rings. The predicted octanol–water partition coefficient (Wildman–Crippen LogP) is 0.499. The smallest absolute Gasteiger partial charge is 0.290 e. The van der Waals surface area contributed by atoms with Crippen LogP contribution < -0.4 is 5.32 Å². The van der Waals surface area contributed by atoms with Crippen LogP contribution in [0.4, 0.5) is 0 Å². The van der Waals surface area contributed by atoms with Crippen LogP contribution in [0.2, 0.25) is 0 Å². The molecule has 0 bridgehead atoms. The molecule has 14 heavy (non-hydrogen) atoms. The number of amides is 1. The fourth-order valence-corrected chi connectivity index (χ4v) is 1.43. The molecule has 0 aromatic carbocycles. The van der Waals surface area contributed by atoms with Gasteiger partial charge in [0.1, 0.15) is 5.82 Å². The summed E-state index contributed by atoms with van der Waals surface area (Å²) in [6, 6.07) is 0. The molecule has 2 rings (SSSR count). The van der Waals surface area contributed by atoms with Crippen molar-refractivity contribution in [1.29, 1.82) is 0 Å². The maximum absolute atomic E-state index is 11.4. The lowest BCUT2D eigenvalue weighted by atomic mass is 10.3. The van der Waals surface area contributed by atoms with Crippen LogP contribution in [-0.2, 0) is 0 Å². The first kappa shape index (κ1) is 9.18. The van der Waals surface area contributed by atoms with Gasteiger partial charge in [-0.1, -0.05) is 6.92 Å². The Kier molecular flexibility index (Phi) is 2.23. The molecule has 1 aromatic heterocycles. The number of rotatable bonds is 3. The number of carbonyl (C=O) groups excluding carboxylic acids is 1. The Morgan fingerprint density at radius 3 is 2.93 bits per heavy atom. The predicted molar refractivity (Wildman–Crippen MR) is 50.7 cm³/mol. The molecule has 0 saturated heterocycles. The molecule has 2 unspecified atom stereocenters. The number of carbonyl (C=O) groups is 1. The van der Waals surface area contributed by atoms with E-state index in [0.29, 0.717) is 11.7 Å². The Hall–Kier alpha value is -1.39. The van der Waals surface area contributed by atoms with Crippen molar-refractivity contribution in [2.75, 3.05) is 6.54 Å². The van der Waals surface area contributed by atoms with E-state index in [2.05, 4.69) is 27.4 Å². The number of aromatic nitrogens is 3. The zero-order valence-electron chi connectivity index (χ0n) is 8.37. The van der Waals surface area contributed by atoms with Gasteiger partial charge in [-0.05, 0) is 25.2 Å². The minimum absolute atomic E-state index is 0.187. The second kappa shape index (κ2) is 3.40. The third-order valence-corrected chi connectivity index (χ3v) is 2.60. The average molecular weight is 194 g/mol. The number of hydrogen-bond donors (Lipinski definition) is 2. The van der Waals surface area contributed by atoms with Gasteiger partial charge in [-0.25, -0.2) is 4.98 Å². The highest BCUT2D eigenvalue weighted by molar-refractivity contribution is 5.90. The molecule has 1 heterocycles. The van der Waals surface area contributed by atoms with Crippen molar-refractivity contribution in [3.05, 3.63) is 11.6 Å². The molecular weight excluding hydrogens is 180 g/mol. The summed E-state index contributed by atoms with van der Waals surface area (Å²) in [6.45, 7) is 4.70. The van der Waals surface area contributed by atoms with Crippen molar-refractivity contribution in [2.45, 2.75) is 20.3 Å². The summed E-state index contributed by atoms with van der Waals surface area (Å²) < 4.78 is 0. The van der Waals surface area contributed by atoms with E-state index in [4.69, 9.17) is 0 Å². The van der Waals surface area contributed by atoms with Crippen molar-refractivity contribution in [1.82, 2.24) is 20.5 Å². The van der Waals surface area contributed by atoms with Crippen LogP contribution in [0.15, 0.2) is 0 Å². The Morgan fingerprint density at radius 2 is 2.43 bits per heavy atom. The molecule has 1 saturated carbocycles. The summed E-state index contributed by atoms with van der Waals surface area (Å²) in [7, 11) is 0. The molecule has 76 valence electrons. The first-order valence-corrected chi connectivity index (χ1v) is 4.84. The van der Waals surface area contributed by atoms with Crippen molar-refractivity contribution < 1.29 is 4.79 Å². The van der Waals surface area contributed by atoms with Crippen molar-refractivity contribution in [2.24, 2.45) is 11.8 Å². The minimum Gasteiger partial charge on any atom is -0.349 e. The van der Waals surface area contributed by atoms with E-state index in [9.17, 15) is 4.79 Å². The second-order valence-electron chi connectivity index (χ2n) is 3.93. The van der Waals surface area contributed by atoms with Crippen LogP contribution in [0.3, 0.4) is 0 Å². The van der Waals surface area contributed by atoms with Gasteiger partial charge in [0.15, 0.2) is 0 Å². The van der Waals surface area contributed by atoms with Crippen molar-refractivity contribution in [3.63, 3.8) is 0 Å². The van der Waals surface area contributed by atoms with Gasteiger partial charge in [0.05, 0.1) is 0 Å². The van der Waals surface area contributed by atoms with Gasteiger partial charge in [0, 0.05) is 6.54 Å². The Morgan fingerprint density at radius 1 is 1.71 bits per heavy atom. The lowest BCUT2D eigenvalue weighted by Crippen LogP contribution is -2.26. The molecule has 2 atom stereocenters. The quantitative estimate of drug-likeness (QED) is 0.736. The molecule has 0 spiro atoms. The summed E-state index contributed by atoms with van der Waals surface area (Å²) in [6.07, 6.45) is 1.22. The van der Waals surface area contributed by atoms with E-state index in [1.165, 1.54) is 6.42 Å². The van der Waals surface area contributed by atoms with Gasteiger partial charge in [-0.3, -0.25) is 9.89 Å². The topological polar surface area (TPSA) is 70.7 Å². The van der Waals surface area contributed by atoms with E-state index in [-0.39, 0.29) is 11.7 Å². The molecule has 1 aromatic rings. The fraction of sp³-hybridized carbons (Fsp3) is 0.667. The number of nitrogens with one attached hydrogen (secondary N) is 2. The summed E-state index contributed by atoms with van der Waals surface area (Å²) in [4.78, 5) is 15.4. The monoisotopic (exact) mass is 194 g/mol. The SMILES string of the molecule is Cc1nc(C(=O)NCC2CC2C)n[nH]1. The number of hydrogen-bond acceptors (Lipinski definition) is 3. The summed E-state index contributed by atoms with van der Waals surface area (Å²) >= 11 is 0. The Bertz CT molecular complexity index is 346. The minimum atomic E-state index is -0.187. The van der Waals surface area contributed by atoms with Gasteiger partial charge < -0.3 is 5.32 Å². The summed E-state index contributed by atoms with van der Waals surface area (Å²) in [5.74, 6) is 2.11. The van der Waals surface area contributed by atoms with Crippen LogP contribution in [0.1, 0.15) is 29.8 Å². The van der Waals surface area contributed by atoms with E-state index in [1.54, 1.807) is 6.92 Å². The molecule has 5 heteroatoms. The zero-order valence-corrected chi connectivity index (χ0v) is 8.37. The Labute approximate surface area is 82.3 Å². The highest BCUT2D eigenvalue weighted by Gasteiger charge is 2.32. The maximum Gasteiger partial charge on any atom is 0.290 e. The largest absolute Gasteiger partial charge is 0.349 e. The second-order valence-corrected chi connectivity index (χ2v) is 3.93. The zero-order chi connectivity index (χ0) is 10.1. The van der Waals surface area contributed by atoms with Crippen molar-refractivity contribution >= 4 is 5.91 Å². The molecule has 1 aliphatic carbocycles. The van der Waals surface area contributed by atoms with E-state index in [1.807, 2.05) is 0 Å². The molecular formula is C9H14N4O. The third kappa shape index (κ3) is 1.92. The summed E-state index contributed by atoms with van der Waals surface area (Å²) in [5.41, 5.74) is 0. The van der Waals surface area contributed by atoms with Crippen LogP contribution in [0.5, 0.6) is 0 Å². The van der Waals surface area contributed by atoms with Gasteiger partial charge in [-0.15, -0.1) is 5.10 Å². The van der Waals surface area contributed by atoms with Gasteiger partial charge in [0.25, 0.3) is 5.91 Å². The number of aromatic amines is 1. The normalized spacial score (nSPS) is 24.7. The molecule has 0 aliphatic heterocycles. The number of H-pyrrole nitrogens is 1. The molecule has 1 fully saturated rings. The average Bonchev–Trinajstić information content (AvgIpc) is 2.66. The standard InChI is InChI=1S/C9H14N4O/c1-5-3-7(5)4-10-9(14)8-11-6(2)12-13-8/h5,7H,3-4H2,1-2H3,(H,10,14)(H,11,12,13). The van der Waals surface area contributed by atoms with E-state index < -0.39 is 0 Å². The lowest BCUT2D eigenvalue weighted by molar-refractivity contribution is 0.0941. The number of aryl methyl sites for hydroxylation is 1. The van der Waals surface area contributed by atoms with Gasteiger partial charge >= 0.3 is 0 Å². The highest BCUT2D eigenvalue weighted by atomic mass is 16.2. The van der Waals surface area contributed by atoms with E-state index in [0.717, 1.165) is 12.5 Å². The summed E-state index contributed by atoms with van der Waals surface area (Å²) in [5, 5.41) is 9.25. The van der Waals surface area contributed by atoms with Crippen LogP contribution in [-0.4, -0.2) is 27.6 Å². The molecule has 5 nitrogen and oxygen atoms in total. The van der Waals surface area contributed by atoms with Gasteiger partial charge in [0.2, 0.25) is 5.82 Å². The first-order valence-electron chi connectivity index (χ1n) is 4.84. The highest BCUT2D eigenvalue weighted by Crippen LogP contribution is 2.36. The van der Waals surface area contributed by atoms with Crippen molar-refractivity contribution in [3.8, 4) is 0 Å². The number of nitrogens with zero attached hydrogens (tertiary/aromatic N) is 2. The maximum atomic E-state index is 11.4. The van der Waals surface area contributed by atoms with Crippen LogP contribution in [0.25, 0.3) is 0 Å². The molecule has 1 amide bonds. The fourth-order valence-electron chi connectivity index (χ4n) is 1.43. The molecule has 2 N–H and O–H groups in total. The lowest BCUT2D eigenvalue weighted by Gasteiger charge is -1.99. The Balaban J connectivity index is 1.83. The van der Waals surface area contributed by atoms with E-state index >= 15 is 0 Å².